The van der Waals surface area contributed by atoms with Crippen LogP contribution in [-0.2, 0) is 0 Å². The van der Waals surface area contributed by atoms with Crippen LogP contribution in [0.25, 0.3) is 22.2 Å². The van der Waals surface area contributed by atoms with Gasteiger partial charge in [-0.3, -0.25) is 4.79 Å². The number of piperazine rings is 1. The highest BCUT2D eigenvalue weighted by Gasteiger charge is 2.28. The van der Waals surface area contributed by atoms with E-state index >= 15 is 0 Å². The fourth-order valence-electron chi connectivity index (χ4n) is 4.56. The van der Waals surface area contributed by atoms with Gasteiger partial charge in [0.05, 0.1) is 16.8 Å². The molecule has 1 saturated heterocycles. The summed E-state index contributed by atoms with van der Waals surface area (Å²) < 4.78 is 0. The van der Waals surface area contributed by atoms with Crippen molar-refractivity contribution in [2.75, 3.05) is 24.5 Å². The van der Waals surface area contributed by atoms with Gasteiger partial charge in [-0.15, -0.1) is 0 Å². The van der Waals surface area contributed by atoms with Crippen molar-refractivity contribution in [1.82, 2.24) is 9.88 Å². The van der Waals surface area contributed by atoms with Gasteiger partial charge in [-0.1, -0.05) is 30.3 Å². The summed E-state index contributed by atoms with van der Waals surface area (Å²) in [6, 6.07) is 22.6. The van der Waals surface area contributed by atoms with Gasteiger partial charge in [0, 0.05) is 54.4 Å². The molecular weight excluding hydrogens is 396 g/mol. The molecule has 4 aromatic rings. The molecular formula is C27H27N4O+. The Balaban J connectivity index is 1.46. The molecule has 32 heavy (non-hydrogen) atoms. The zero-order valence-corrected chi connectivity index (χ0v) is 18.5. The average Bonchev–Trinajstić information content (AvgIpc) is 2.83. The summed E-state index contributed by atoms with van der Waals surface area (Å²) in [4.78, 5) is 26.0. The molecule has 1 fully saturated rings. The number of rotatable bonds is 3. The Bertz CT molecular complexity index is 1270. The number of hydrogen-bond acceptors (Lipinski definition) is 3. The van der Waals surface area contributed by atoms with Gasteiger partial charge in [0.25, 0.3) is 5.91 Å². The maximum atomic E-state index is 13.7. The molecule has 1 aliphatic rings. The third kappa shape index (κ3) is 3.82. The lowest BCUT2D eigenvalue weighted by atomic mass is 10.0. The van der Waals surface area contributed by atoms with Crippen LogP contribution in [0.3, 0.4) is 0 Å². The highest BCUT2D eigenvalue weighted by molar-refractivity contribution is 6.07. The number of aromatic amines is 1. The first kappa shape index (κ1) is 20.2. The Labute approximate surface area is 188 Å². The maximum absolute atomic E-state index is 13.7. The van der Waals surface area contributed by atoms with Crippen LogP contribution in [0.15, 0.2) is 79.1 Å². The first-order valence-corrected chi connectivity index (χ1v) is 11.1. The molecule has 1 atom stereocenters. The predicted octanol–water partition coefficient (Wildman–Crippen LogP) is 4.38. The van der Waals surface area contributed by atoms with E-state index in [1.54, 1.807) is 0 Å². The summed E-state index contributed by atoms with van der Waals surface area (Å²) in [5.74, 6) is 0.0723. The largest absolute Gasteiger partial charge is 0.365 e. The molecule has 0 aliphatic carbocycles. The zero-order chi connectivity index (χ0) is 22.1. The normalized spacial score (nSPS) is 16.4. The van der Waals surface area contributed by atoms with Gasteiger partial charge < -0.3 is 9.80 Å². The third-order valence-corrected chi connectivity index (χ3v) is 6.21. The minimum Gasteiger partial charge on any atom is -0.365 e. The van der Waals surface area contributed by atoms with Crippen LogP contribution in [0.5, 0.6) is 0 Å². The van der Waals surface area contributed by atoms with Crippen molar-refractivity contribution in [2.45, 2.75) is 19.9 Å². The Morgan fingerprint density at radius 1 is 1.00 bits per heavy atom. The van der Waals surface area contributed by atoms with Gasteiger partial charge in [-0.2, -0.15) is 0 Å². The van der Waals surface area contributed by atoms with E-state index in [4.69, 9.17) is 4.98 Å². The Hall–Kier alpha value is -3.73. The molecule has 5 rings (SSSR count). The minimum atomic E-state index is 0.0723. The number of para-hydroxylation sites is 1. The molecule has 1 amide bonds. The molecule has 160 valence electrons. The minimum absolute atomic E-state index is 0.0723. The van der Waals surface area contributed by atoms with Crippen molar-refractivity contribution in [3.63, 3.8) is 0 Å². The van der Waals surface area contributed by atoms with Gasteiger partial charge in [0.1, 0.15) is 0 Å². The molecule has 5 heteroatoms. The third-order valence-electron chi connectivity index (χ3n) is 6.21. The van der Waals surface area contributed by atoms with Gasteiger partial charge >= 0.3 is 0 Å². The van der Waals surface area contributed by atoms with Gasteiger partial charge in [-0.25, -0.2) is 9.97 Å². The molecule has 2 aromatic carbocycles. The number of nitrogens with one attached hydrogen (secondary N) is 1. The molecule has 3 heterocycles. The summed E-state index contributed by atoms with van der Waals surface area (Å²) in [6.07, 6.45) is 3.75. The lowest BCUT2D eigenvalue weighted by Crippen LogP contribution is -2.53. The van der Waals surface area contributed by atoms with E-state index in [1.165, 1.54) is 11.3 Å². The van der Waals surface area contributed by atoms with Crippen molar-refractivity contribution in [3.05, 3.63) is 90.3 Å². The Morgan fingerprint density at radius 2 is 1.81 bits per heavy atom. The molecule has 0 radical (unpaired) electrons. The van der Waals surface area contributed by atoms with Crippen molar-refractivity contribution >= 4 is 22.5 Å². The topological polar surface area (TPSA) is 50.6 Å². The van der Waals surface area contributed by atoms with E-state index < -0.39 is 0 Å². The second kappa shape index (κ2) is 8.42. The van der Waals surface area contributed by atoms with E-state index in [0.29, 0.717) is 13.1 Å². The molecule has 5 nitrogen and oxygen atoms in total. The number of benzene rings is 2. The smallest absolute Gasteiger partial charge is 0.254 e. The highest BCUT2D eigenvalue weighted by Crippen LogP contribution is 2.27. The average molecular weight is 424 g/mol. The first-order chi connectivity index (χ1) is 15.6. The summed E-state index contributed by atoms with van der Waals surface area (Å²) >= 11 is 0. The maximum Gasteiger partial charge on any atom is 0.254 e. The van der Waals surface area contributed by atoms with E-state index in [9.17, 15) is 4.79 Å². The number of fused-ring (bicyclic) bond motifs is 1. The molecule has 1 aliphatic heterocycles. The number of anilines is 1. The van der Waals surface area contributed by atoms with Crippen molar-refractivity contribution in [3.8, 4) is 11.3 Å². The summed E-state index contributed by atoms with van der Waals surface area (Å²) in [5, 5.41) is 0.900. The number of carbonyl (C=O) groups is 1. The molecule has 0 saturated carbocycles. The molecule has 0 bridgehead atoms. The lowest BCUT2D eigenvalue weighted by molar-refractivity contribution is -0.377. The first-order valence-electron chi connectivity index (χ1n) is 11.1. The molecule has 0 spiro atoms. The lowest BCUT2D eigenvalue weighted by Gasteiger charge is -2.41. The monoisotopic (exact) mass is 423 g/mol. The van der Waals surface area contributed by atoms with Crippen molar-refractivity contribution < 1.29 is 9.78 Å². The molecule has 1 N–H and O–H groups in total. The highest BCUT2D eigenvalue weighted by atomic mass is 16.2. The van der Waals surface area contributed by atoms with E-state index in [-0.39, 0.29) is 11.9 Å². The van der Waals surface area contributed by atoms with E-state index in [1.807, 2.05) is 59.8 Å². The second-order valence-electron chi connectivity index (χ2n) is 8.49. The summed E-state index contributed by atoms with van der Waals surface area (Å²) in [6.45, 7) is 6.52. The SMILES string of the molecule is Cc1cccc(N2CCN(C(=O)c3cc(-c4cc[nH+]cc4)nc4ccccc34)CC2C)c1. The van der Waals surface area contributed by atoms with Crippen LogP contribution in [0.4, 0.5) is 5.69 Å². The van der Waals surface area contributed by atoms with Crippen LogP contribution < -0.4 is 9.88 Å². The van der Waals surface area contributed by atoms with Crippen LogP contribution in [0.1, 0.15) is 22.8 Å². The number of pyridine rings is 2. The Kier molecular flexibility index (Phi) is 5.31. The van der Waals surface area contributed by atoms with E-state index in [0.717, 1.165) is 34.3 Å². The van der Waals surface area contributed by atoms with Crippen LogP contribution in [0.2, 0.25) is 0 Å². The number of amides is 1. The zero-order valence-electron chi connectivity index (χ0n) is 18.5. The summed E-state index contributed by atoms with van der Waals surface area (Å²) in [7, 11) is 0. The van der Waals surface area contributed by atoms with Crippen molar-refractivity contribution in [2.24, 2.45) is 0 Å². The summed E-state index contributed by atoms with van der Waals surface area (Å²) in [5.41, 5.74) is 5.83. The second-order valence-corrected chi connectivity index (χ2v) is 8.49. The van der Waals surface area contributed by atoms with Crippen LogP contribution in [0, 0.1) is 6.92 Å². The standard InChI is InChI=1S/C27H26N4O/c1-19-6-5-7-22(16-19)31-15-14-30(18-20(31)2)27(32)24-17-26(21-10-12-28-13-11-21)29-25-9-4-3-8-23(24)25/h3-13,16-17,20H,14-15,18H2,1-2H3/p+1. The Morgan fingerprint density at radius 3 is 2.59 bits per heavy atom. The number of carbonyl (C=O) groups excluding carboxylic acids is 1. The van der Waals surface area contributed by atoms with Gasteiger partial charge in [0.2, 0.25) is 0 Å². The number of nitrogens with zero attached hydrogens (tertiary/aromatic N) is 3. The fraction of sp³-hybridized carbons (Fsp3) is 0.222. The number of hydrogen-bond donors (Lipinski definition) is 0. The number of aromatic nitrogens is 2. The fourth-order valence-corrected chi connectivity index (χ4v) is 4.56. The van der Waals surface area contributed by atoms with E-state index in [2.05, 4.69) is 48.0 Å². The predicted molar refractivity (Wildman–Crippen MR) is 128 cm³/mol. The number of H-pyrrole nitrogens is 1. The van der Waals surface area contributed by atoms with Gasteiger partial charge in [0.15, 0.2) is 12.4 Å². The van der Waals surface area contributed by atoms with Crippen LogP contribution >= 0.6 is 0 Å². The molecule has 1 unspecified atom stereocenters. The molecule has 2 aromatic heterocycles. The van der Waals surface area contributed by atoms with Gasteiger partial charge in [-0.05, 0) is 43.7 Å². The van der Waals surface area contributed by atoms with Crippen LogP contribution in [-0.4, -0.2) is 41.5 Å². The van der Waals surface area contributed by atoms with Crippen molar-refractivity contribution in [1.29, 1.82) is 0 Å². The quantitative estimate of drug-likeness (QED) is 0.492. The number of aryl methyl sites for hydroxylation is 1.